The SMILES string of the molecule is C[C@@H]1CC2NC3C(Cl)C(Cl)CC(C4CCNCC4)C3C2CN1C(=O)CO. The van der Waals surface area contributed by atoms with Crippen molar-refractivity contribution in [1.82, 2.24) is 15.5 Å². The van der Waals surface area contributed by atoms with Crippen LogP contribution in [-0.4, -0.2) is 71.0 Å². The minimum Gasteiger partial charge on any atom is -0.387 e. The first-order valence-electron chi connectivity index (χ1n) is 10.2. The second-order valence-electron chi connectivity index (χ2n) is 8.78. The van der Waals surface area contributed by atoms with Crippen molar-refractivity contribution in [3.63, 3.8) is 0 Å². The van der Waals surface area contributed by atoms with Crippen molar-refractivity contribution in [2.75, 3.05) is 26.2 Å². The van der Waals surface area contributed by atoms with Gasteiger partial charge in [0, 0.05) is 24.7 Å². The first kappa shape index (κ1) is 19.3. The second-order valence-corrected chi connectivity index (χ2v) is 9.84. The van der Waals surface area contributed by atoms with Gasteiger partial charge >= 0.3 is 0 Å². The molecule has 4 fully saturated rings. The number of rotatable bonds is 2. The normalized spacial score (nSPS) is 46.7. The first-order valence-corrected chi connectivity index (χ1v) is 11.0. The Morgan fingerprint density at radius 2 is 1.92 bits per heavy atom. The zero-order valence-electron chi connectivity index (χ0n) is 15.4. The van der Waals surface area contributed by atoms with E-state index >= 15 is 0 Å². The topological polar surface area (TPSA) is 64.6 Å². The van der Waals surface area contributed by atoms with Gasteiger partial charge in [0.2, 0.25) is 5.91 Å². The quantitative estimate of drug-likeness (QED) is 0.609. The van der Waals surface area contributed by atoms with Crippen LogP contribution in [0.5, 0.6) is 0 Å². The molecule has 5 nitrogen and oxygen atoms in total. The molecule has 0 aromatic carbocycles. The van der Waals surface area contributed by atoms with E-state index < -0.39 is 6.61 Å². The number of carbonyl (C=O) groups is 1. The molecule has 7 unspecified atom stereocenters. The van der Waals surface area contributed by atoms with Gasteiger partial charge in [0.15, 0.2) is 0 Å². The Bertz CT molecular complexity index is 531. The molecule has 0 aromatic rings. The molecule has 26 heavy (non-hydrogen) atoms. The van der Waals surface area contributed by atoms with Crippen LogP contribution in [0.25, 0.3) is 0 Å². The number of halogens is 2. The number of likely N-dealkylation sites (tertiary alicyclic amines) is 1. The van der Waals surface area contributed by atoms with Gasteiger partial charge < -0.3 is 20.6 Å². The van der Waals surface area contributed by atoms with Gasteiger partial charge in [-0.2, -0.15) is 0 Å². The van der Waals surface area contributed by atoms with Crippen LogP contribution in [0.2, 0.25) is 0 Å². The van der Waals surface area contributed by atoms with Crippen LogP contribution < -0.4 is 10.6 Å². The summed E-state index contributed by atoms with van der Waals surface area (Å²) in [6, 6.07) is 0.788. The van der Waals surface area contributed by atoms with E-state index in [1.165, 1.54) is 12.8 Å². The van der Waals surface area contributed by atoms with Crippen LogP contribution in [0.1, 0.15) is 32.6 Å². The Labute approximate surface area is 166 Å². The Morgan fingerprint density at radius 1 is 1.19 bits per heavy atom. The standard InChI is InChI=1S/C19H31Cl2N3O2/c1-10-6-15-13(8-24(10)16(26)9-25)17-12(11-2-4-22-5-3-11)7-14(20)18(21)19(17)23-15/h10-15,17-19,22-23,25H,2-9H2,1H3/t10-,12?,13?,14?,15?,17?,18?,19?/m1/s1. The van der Waals surface area contributed by atoms with E-state index in [0.717, 1.165) is 32.5 Å². The fourth-order valence-electron chi connectivity index (χ4n) is 6.29. The molecule has 3 heterocycles. The zero-order valence-corrected chi connectivity index (χ0v) is 16.9. The van der Waals surface area contributed by atoms with Crippen molar-refractivity contribution in [2.45, 2.75) is 61.5 Å². The third-order valence-electron chi connectivity index (χ3n) is 7.49. The Hall–Kier alpha value is -0.0700. The number of nitrogens with zero attached hydrogens (tertiary/aromatic N) is 1. The van der Waals surface area contributed by atoms with E-state index in [1.807, 2.05) is 4.90 Å². The lowest BCUT2D eigenvalue weighted by Gasteiger charge is -2.48. The summed E-state index contributed by atoms with van der Waals surface area (Å²) in [5.41, 5.74) is 0. The average Bonchev–Trinajstić information content (AvgIpc) is 3.02. The minimum atomic E-state index is -0.400. The van der Waals surface area contributed by atoms with Crippen molar-refractivity contribution in [3.8, 4) is 0 Å². The largest absolute Gasteiger partial charge is 0.387 e. The molecule has 3 saturated heterocycles. The Morgan fingerprint density at radius 3 is 2.62 bits per heavy atom. The molecule has 0 aromatic heterocycles. The molecule has 3 N–H and O–H groups in total. The second kappa shape index (κ2) is 7.75. The molecule has 4 aliphatic rings. The maximum absolute atomic E-state index is 12.2. The van der Waals surface area contributed by atoms with Crippen LogP contribution in [0, 0.1) is 23.7 Å². The van der Waals surface area contributed by atoms with Gasteiger partial charge in [-0.3, -0.25) is 4.79 Å². The van der Waals surface area contributed by atoms with Gasteiger partial charge in [0.05, 0.1) is 10.8 Å². The van der Waals surface area contributed by atoms with Crippen molar-refractivity contribution in [3.05, 3.63) is 0 Å². The molecule has 0 radical (unpaired) electrons. The predicted octanol–water partition coefficient (Wildman–Crippen LogP) is 1.41. The van der Waals surface area contributed by atoms with E-state index in [1.54, 1.807) is 0 Å². The van der Waals surface area contributed by atoms with Gasteiger partial charge in [-0.1, -0.05) is 0 Å². The average molecular weight is 404 g/mol. The smallest absolute Gasteiger partial charge is 0.248 e. The molecule has 1 saturated carbocycles. The van der Waals surface area contributed by atoms with E-state index in [4.69, 9.17) is 23.2 Å². The van der Waals surface area contributed by atoms with Crippen LogP contribution in [-0.2, 0) is 4.79 Å². The molecular weight excluding hydrogens is 373 g/mol. The van der Waals surface area contributed by atoms with E-state index in [0.29, 0.717) is 29.7 Å². The molecular formula is C19H31Cl2N3O2. The molecule has 1 amide bonds. The van der Waals surface area contributed by atoms with Crippen molar-refractivity contribution < 1.29 is 9.90 Å². The number of nitrogens with one attached hydrogen (secondary N) is 2. The number of piperidine rings is 2. The van der Waals surface area contributed by atoms with Crippen LogP contribution in [0.15, 0.2) is 0 Å². The lowest BCUT2D eigenvalue weighted by Crippen LogP contribution is -2.54. The number of carbonyl (C=O) groups excluding carboxylic acids is 1. The summed E-state index contributed by atoms with van der Waals surface area (Å²) in [6.45, 7) is 4.59. The lowest BCUT2D eigenvalue weighted by atomic mass is 9.63. The number of aliphatic hydroxyl groups excluding tert-OH is 1. The third-order valence-corrected chi connectivity index (χ3v) is 8.65. The summed E-state index contributed by atoms with van der Waals surface area (Å²) in [4.78, 5) is 14.1. The molecule has 0 spiro atoms. The molecule has 3 aliphatic heterocycles. The molecule has 0 bridgehead atoms. The van der Waals surface area contributed by atoms with Crippen molar-refractivity contribution >= 4 is 29.1 Å². The Kier molecular flexibility index (Phi) is 5.74. The fourth-order valence-corrected chi connectivity index (χ4v) is 6.99. The van der Waals surface area contributed by atoms with Gasteiger partial charge in [-0.05, 0) is 69.4 Å². The van der Waals surface area contributed by atoms with Crippen molar-refractivity contribution in [2.24, 2.45) is 23.7 Å². The first-order chi connectivity index (χ1) is 12.5. The highest BCUT2D eigenvalue weighted by atomic mass is 35.5. The maximum atomic E-state index is 12.2. The zero-order chi connectivity index (χ0) is 18.4. The summed E-state index contributed by atoms with van der Waals surface area (Å²) in [6.07, 6.45) is 4.32. The van der Waals surface area contributed by atoms with Gasteiger partial charge in [0.1, 0.15) is 6.61 Å². The number of fused-ring (bicyclic) bond motifs is 3. The summed E-state index contributed by atoms with van der Waals surface area (Å²) in [5.74, 6) is 2.00. The number of amides is 1. The Balaban J connectivity index is 1.60. The molecule has 8 atom stereocenters. The minimum absolute atomic E-state index is 0.0121. The van der Waals surface area contributed by atoms with Crippen LogP contribution in [0.4, 0.5) is 0 Å². The van der Waals surface area contributed by atoms with E-state index in [-0.39, 0.29) is 28.7 Å². The third kappa shape index (κ3) is 3.28. The number of hydrogen-bond acceptors (Lipinski definition) is 4. The molecule has 1 aliphatic carbocycles. The highest BCUT2D eigenvalue weighted by Gasteiger charge is 2.57. The molecule has 148 valence electrons. The fraction of sp³-hybridized carbons (Fsp3) is 0.947. The maximum Gasteiger partial charge on any atom is 0.248 e. The number of hydrogen-bond donors (Lipinski definition) is 3. The lowest BCUT2D eigenvalue weighted by molar-refractivity contribution is -0.139. The van der Waals surface area contributed by atoms with Gasteiger partial charge in [-0.15, -0.1) is 23.2 Å². The highest BCUT2D eigenvalue weighted by Crippen LogP contribution is 2.51. The van der Waals surface area contributed by atoms with Crippen molar-refractivity contribution in [1.29, 1.82) is 0 Å². The molecule has 7 heteroatoms. The van der Waals surface area contributed by atoms with Crippen LogP contribution in [0.3, 0.4) is 0 Å². The summed E-state index contributed by atoms with van der Waals surface area (Å²) in [7, 11) is 0. The van der Waals surface area contributed by atoms with Crippen LogP contribution >= 0.6 is 23.2 Å². The summed E-state index contributed by atoms with van der Waals surface area (Å²) < 4.78 is 0. The highest BCUT2D eigenvalue weighted by molar-refractivity contribution is 6.30. The number of aliphatic hydroxyl groups is 1. The predicted molar refractivity (Wildman–Crippen MR) is 104 cm³/mol. The van der Waals surface area contributed by atoms with Gasteiger partial charge in [0.25, 0.3) is 0 Å². The van der Waals surface area contributed by atoms with E-state index in [9.17, 15) is 9.90 Å². The van der Waals surface area contributed by atoms with E-state index in [2.05, 4.69) is 17.6 Å². The number of alkyl halides is 2. The molecule has 4 rings (SSSR count). The summed E-state index contributed by atoms with van der Waals surface area (Å²) in [5, 5.41) is 16.6. The summed E-state index contributed by atoms with van der Waals surface area (Å²) >= 11 is 13.5. The monoisotopic (exact) mass is 403 g/mol. The van der Waals surface area contributed by atoms with Gasteiger partial charge in [-0.25, -0.2) is 0 Å².